The van der Waals surface area contributed by atoms with Gasteiger partial charge < -0.3 is 10.8 Å². The number of benzene rings is 3. The molecule has 0 saturated heterocycles. The summed E-state index contributed by atoms with van der Waals surface area (Å²) in [4.78, 5) is 24.3. The molecule has 29 heavy (non-hydrogen) atoms. The van der Waals surface area contributed by atoms with Crippen molar-refractivity contribution in [1.82, 2.24) is 0 Å². The predicted octanol–water partition coefficient (Wildman–Crippen LogP) is 4.89. The molecule has 148 valence electrons. The van der Waals surface area contributed by atoms with Crippen LogP contribution >= 0.6 is 23.4 Å². The third-order valence-corrected chi connectivity index (χ3v) is 5.20. The van der Waals surface area contributed by atoms with Crippen LogP contribution in [-0.2, 0) is 5.75 Å². The van der Waals surface area contributed by atoms with E-state index >= 15 is 0 Å². The van der Waals surface area contributed by atoms with Crippen LogP contribution in [-0.4, -0.2) is 20.1 Å². The van der Waals surface area contributed by atoms with Crippen molar-refractivity contribution >= 4 is 56.4 Å². The second-order valence-corrected chi connectivity index (χ2v) is 7.24. The number of nitro benzene ring substituents is 2. The minimum Gasteiger partial charge on any atom is -0.502 e. The van der Waals surface area contributed by atoms with E-state index in [9.17, 15) is 25.3 Å². The molecule has 0 aromatic heterocycles. The van der Waals surface area contributed by atoms with Gasteiger partial charge in [0.15, 0.2) is 10.9 Å². The molecule has 11 heteroatoms. The van der Waals surface area contributed by atoms with Crippen molar-refractivity contribution in [3.05, 3.63) is 79.3 Å². The lowest BCUT2D eigenvalue weighted by atomic mass is 10.1. The molecule has 0 amide bonds. The fraction of sp³-hybridized carbons (Fsp3) is 0.0556. The standard InChI is InChI=1S/C18H13ClN4O5S/c19-13-6-5-10(11-3-1-2-4-12(11)13)9-29-18(20)21-14-7-17(24)16(23(27)28)8-15(14)22(25)26/h1-8,24H,9H2,(H2,20,21). The van der Waals surface area contributed by atoms with Gasteiger partial charge in [0.2, 0.25) is 0 Å². The second-order valence-electron chi connectivity index (χ2n) is 5.83. The van der Waals surface area contributed by atoms with E-state index in [1.807, 2.05) is 30.3 Å². The molecule has 0 spiro atoms. The van der Waals surface area contributed by atoms with Crippen molar-refractivity contribution in [2.75, 3.05) is 0 Å². The van der Waals surface area contributed by atoms with Gasteiger partial charge in [-0.1, -0.05) is 53.7 Å². The summed E-state index contributed by atoms with van der Waals surface area (Å²) in [5.41, 5.74) is 5.15. The first-order valence-corrected chi connectivity index (χ1v) is 9.43. The van der Waals surface area contributed by atoms with Crippen molar-refractivity contribution in [3.63, 3.8) is 0 Å². The summed E-state index contributed by atoms with van der Waals surface area (Å²) in [5.74, 6) is -0.319. The maximum absolute atomic E-state index is 11.2. The number of phenols is 1. The van der Waals surface area contributed by atoms with E-state index in [1.54, 1.807) is 6.07 Å². The van der Waals surface area contributed by atoms with Crippen LogP contribution in [0.15, 0.2) is 53.5 Å². The van der Waals surface area contributed by atoms with Gasteiger partial charge in [0, 0.05) is 22.2 Å². The molecule has 0 radical (unpaired) electrons. The Bertz CT molecular complexity index is 1170. The van der Waals surface area contributed by atoms with Gasteiger partial charge in [0.05, 0.1) is 9.85 Å². The Labute approximate surface area is 173 Å². The number of aromatic hydroxyl groups is 1. The summed E-state index contributed by atoms with van der Waals surface area (Å²) >= 11 is 7.33. The Morgan fingerprint density at radius 3 is 2.38 bits per heavy atom. The summed E-state index contributed by atoms with van der Waals surface area (Å²) in [6.45, 7) is 0. The van der Waals surface area contributed by atoms with Gasteiger partial charge in [0.1, 0.15) is 11.8 Å². The van der Waals surface area contributed by atoms with Gasteiger partial charge in [-0.25, -0.2) is 4.99 Å². The number of phenolic OH excluding ortho intramolecular Hbond substituents is 1. The fourth-order valence-corrected chi connectivity index (χ4v) is 3.64. The number of nitro groups is 2. The molecule has 0 aliphatic rings. The van der Waals surface area contributed by atoms with Crippen LogP contribution in [0.3, 0.4) is 0 Å². The molecule has 3 N–H and O–H groups in total. The lowest BCUT2D eigenvalue weighted by Gasteiger charge is -2.08. The first-order chi connectivity index (χ1) is 13.8. The Balaban J connectivity index is 1.89. The van der Waals surface area contributed by atoms with E-state index in [4.69, 9.17) is 17.3 Å². The van der Waals surface area contributed by atoms with Crippen LogP contribution in [0, 0.1) is 20.2 Å². The molecule has 0 bridgehead atoms. The number of nitrogens with zero attached hydrogens (tertiary/aromatic N) is 3. The summed E-state index contributed by atoms with van der Waals surface area (Å²) in [6.07, 6.45) is 0. The van der Waals surface area contributed by atoms with Gasteiger partial charge in [0.25, 0.3) is 0 Å². The highest BCUT2D eigenvalue weighted by Crippen LogP contribution is 2.39. The summed E-state index contributed by atoms with van der Waals surface area (Å²) < 4.78 is 0. The molecule has 0 unspecified atom stereocenters. The number of amidine groups is 1. The highest BCUT2D eigenvalue weighted by molar-refractivity contribution is 8.13. The van der Waals surface area contributed by atoms with E-state index in [2.05, 4.69) is 4.99 Å². The number of nitrogens with two attached hydrogens (primary N) is 1. The number of halogens is 1. The first-order valence-electron chi connectivity index (χ1n) is 8.07. The largest absolute Gasteiger partial charge is 0.502 e. The predicted molar refractivity (Wildman–Crippen MR) is 113 cm³/mol. The monoisotopic (exact) mass is 432 g/mol. The van der Waals surface area contributed by atoms with E-state index in [0.29, 0.717) is 16.8 Å². The van der Waals surface area contributed by atoms with Crippen molar-refractivity contribution in [3.8, 4) is 5.75 Å². The summed E-state index contributed by atoms with van der Waals surface area (Å²) in [5, 5.41) is 34.3. The molecule has 0 heterocycles. The maximum Gasteiger partial charge on any atom is 0.317 e. The number of hydrogen-bond acceptors (Lipinski definition) is 7. The minimum absolute atomic E-state index is 0.000356. The highest BCUT2D eigenvalue weighted by Gasteiger charge is 2.24. The quantitative estimate of drug-likeness (QED) is 0.252. The molecule has 3 rings (SSSR count). The molecule has 0 fully saturated rings. The highest BCUT2D eigenvalue weighted by atomic mass is 35.5. The number of thioether (sulfide) groups is 1. The molecule has 0 atom stereocenters. The van der Waals surface area contributed by atoms with Crippen molar-refractivity contribution in [1.29, 1.82) is 0 Å². The van der Waals surface area contributed by atoms with Crippen molar-refractivity contribution in [2.24, 2.45) is 10.7 Å². The van der Waals surface area contributed by atoms with Crippen LogP contribution in [0.5, 0.6) is 5.75 Å². The lowest BCUT2D eigenvalue weighted by molar-refractivity contribution is -0.394. The van der Waals surface area contributed by atoms with Gasteiger partial charge in [-0.15, -0.1) is 0 Å². The maximum atomic E-state index is 11.2. The third-order valence-electron chi connectivity index (χ3n) is 4.03. The van der Waals surface area contributed by atoms with E-state index in [-0.39, 0.29) is 10.9 Å². The van der Waals surface area contributed by atoms with Gasteiger partial charge in [-0.05, 0) is 17.0 Å². The molecule has 0 saturated carbocycles. The van der Waals surface area contributed by atoms with E-state index < -0.39 is 27.0 Å². The SMILES string of the molecule is NC(=Nc1cc(O)c([N+](=O)[O-])cc1[N+](=O)[O-])SCc1ccc(Cl)c2ccccc12. The zero-order chi connectivity index (χ0) is 21.1. The van der Waals surface area contributed by atoms with Crippen LogP contribution in [0.2, 0.25) is 5.02 Å². The summed E-state index contributed by atoms with van der Waals surface area (Å²) in [7, 11) is 0. The fourth-order valence-electron chi connectivity index (χ4n) is 2.69. The average Bonchev–Trinajstić information content (AvgIpc) is 2.67. The number of rotatable bonds is 5. The van der Waals surface area contributed by atoms with Crippen LogP contribution < -0.4 is 5.73 Å². The van der Waals surface area contributed by atoms with E-state index in [0.717, 1.165) is 34.2 Å². The first kappa shape index (κ1) is 20.4. The molecule has 0 aliphatic heterocycles. The lowest BCUT2D eigenvalue weighted by Crippen LogP contribution is -2.06. The molecule has 3 aromatic carbocycles. The van der Waals surface area contributed by atoms with Gasteiger partial charge >= 0.3 is 11.4 Å². The molecule has 0 aliphatic carbocycles. The second kappa shape index (κ2) is 8.33. The van der Waals surface area contributed by atoms with E-state index in [1.165, 1.54) is 0 Å². The third kappa shape index (κ3) is 4.39. The molecule has 3 aromatic rings. The van der Waals surface area contributed by atoms with Gasteiger partial charge in [-0.3, -0.25) is 20.2 Å². The van der Waals surface area contributed by atoms with Gasteiger partial charge in [-0.2, -0.15) is 0 Å². The van der Waals surface area contributed by atoms with Crippen molar-refractivity contribution < 1.29 is 15.0 Å². The minimum atomic E-state index is -0.917. The molecular weight excluding hydrogens is 420 g/mol. The smallest absolute Gasteiger partial charge is 0.317 e. The number of fused-ring (bicyclic) bond motifs is 1. The zero-order valence-electron chi connectivity index (χ0n) is 14.6. The Hall–Kier alpha value is -3.37. The topological polar surface area (TPSA) is 145 Å². The zero-order valence-corrected chi connectivity index (χ0v) is 16.2. The van der Waals surface area contributed by atoms with Crippen molar-refractivity contribution in [2.45, 2.75) is 5.75 Å². The van der Waals surface area contributed by atoms with Crippen LogP contribution in [0.25, 0.3) is 10.8 Å². The average molecular weight is 433 g/mol. The van der Waals surface area contributed by atoms with Crippen LogP contribution in [0.4, 0.5) is 17.1 Å². The Morgan fingerprint density at radius 2 is 1.72 bits per heavy atom. The normalized spacial score (nSPS) is 11.6. The molecular formula is C18H13ClN4O5S. The Kier molecular flexibility index (Phi) is 5.85. The summed E-state index contributed by atoms with van der Waals surface area (Å²) in [6, 6.07) is 12.7. The number of hydrogen-bond donors (Lipinski definition) is 2. The van der Waals surface area contributed by atoms with Crippen LogP contribution in [0.1, 0.15) is 5.56 Å². The number of aliphatic imine (C=N–C) groups is 1. The molecule has 9 nitrogen and oxygen atoms in total. The Morgan fingerprint density at radius 1 is 1.07 bits per heavy atom.